The molecule has 0 N–H and O–H groups in total. The third-order valence-corrected chi connectivity index (χ3v) is 5.85. The maximum absolute atomic E-state index is 13.3. The summed E-state index contributed by atoms with van der Waals surface area (Å²) < 4.78 is 1.77. The van der Waals surface area contributed by atoms with Gasteiger partial charge in [-0.2, -0.15) is 10.4 Å². The Morgan fingerprint density at radius 3 is 2.47 bits per heavy atom. The first kappa shape index (κ1) is 22.7. The summed E-state index contributed by atoms with van der Waals surface area (Å²) in [5.41, 5.74) is 5.99. The number of hydrogen-bond donors (Lipinski definition) is 0. The third-order valence-electron chi connectivity index (χ3n) is 5.85. The number of carbonyl (C=O) groups is 2. The molecular weight excluding hydrogens is 424 g/mol. The molecule has 0 saturated carbocycles. The maximum Gasteiger partial charge on any atom is 0.271 e. The number of para-hydroxylation sites is 1. The van der Waals surface area contributed by atoms with E-state index in [0.717, 1.165) is 27.3 Å². The Bertz CT molecular complexity index is 1420. The molecule has 0 aliphatic carbocycles. The van der Waals surface area contributed by atoms with Crippen molar-refractivity contribution in [1.29, 1.82) is 5.26 Å². The number of carbonyl (C=O) groups excluding carboxylic acids is 2. The topological polar surface area (TPSA) is 79.0 Å². The van der Waals surface area contributed by atoms with Crippen LogP contribution in [0.3, 0.4) is 0 Å². The lowest BCUT2D eigenvalue weighted by atomic mass is 9.92. The summed E-state index contributed by atoms with van der Waals surface area (Å²) in [7, 11) is 0. The van der Waals surface area contributed by atoms with E-state index in [1.165, 1.54) is 6.08 Å². The highest BCUT2D eigenvalue weighted by Crippen LogP contribution is 2.32. The summed E-state index contributed by atoms with van der Waals surface area (Å²) in [4.78, 5) is 27.0. The first-order valence-corrected chi connectivity index (χ1v) is 10.9. The van der Waals surface area contributed by atoms with Crippen LogP contribution in [0, 0.1) is 25.2 Å². The first-order chi connectivity index (χ1) is 16.3. The predicted molar refractivity (Wildman–Crippen MR) is 132 cm³/mol. The van der Waals surface area contributed by atoms with Crippen LogP contribution >= 0.6 is 0 Å². The van der Waals surface area contributed by atoms with Crippen LogP contribution in [0.1, 0.15) is 23.6 Å². The van der Waals surface area contributed by atoms with Gasteiger partial charge in [0, 0.05) is 29.4 Å². The van der Waals surface area contributed by atoms with E-state index in [9.17, 15) is 14.9 Å². The summed E-state index contributed by atoms with van der Waals surface area (Å²) in [6.07, 6.45) is 5.05. The van der Waals surface area contributed by atoms with E-state index < -0.39 is 11.8 Å². The molecule has 2 amide bonds. The fourth-order valence-corrected chi connectivity index (χ4v) is 3.99. The second kappa shape index (κ2) is 9.16. The normalized spacial score (nSPS) is 15.1. The van der Waals surface area contributed by atoms with Gasteiger partial charge in [0.05, 0.1) is 5.69 Å². The van der Waals surface area contributed by atoms with E-state index in [1.54, 1.807) is 17.7 Å². The first-order valence-electron chi connectivity index (χ1n) is 10.9. The van der Waals surface area contributed by atoms with Crippen molar-refractivity contribution in [2.24, 2.45) is 0 Å². The second-order valence-corrected chi connectivity index (χ2v) is 8.21. The largest absolute Gasteiger partial charge is 0.271 e. The van der Waals surface area contributed by atoms with E-state index >= 15 is 0 Å². The molecule has 2 heterocycles. The molecule has 0 unspecified atom stereocenters. The standard InChI is InChI=1S/C28H24N4O2/c1-5-13-31-27(33)24(20(4)25(16-29)28(31)34)15-21-17-32(22-9-7-6-8-10-22)30-26(21)23-14-18(2)11-12-19(23)3/h5-12,14-15,17H,1,13H2,2-4H3/b24-15+. The Kier molecular flexibility index (Phi) is 6.11. The van der Waals surface area contributed by atoms with Crippen LogP contribution in [0.5, 0.6) is 0 Å². The summed E-state index contributed by atoms with van der Waals surface area (Å²) in [5, 5.41) is 14.5. The van der Waals surface area contributed by atoms with E-state index in [-0.39, 0.29) is 17.7 Å². The van der Waals surface area contributed by atoms with Gasteiger partial charge in [0.15, 0.2) is 0 Å². The molecule has 1 aromatic heterocycles. The summed E-state index contributed by atoms with van der Waals surface area (Å²) in [5.74, 6) is -1.06. The Balaban J connectivity index is 1.97. The van der Waals surface area contributed by atoms with Gasteiger partial charge in [-0.3, -0.25) is 14.5 Å². The van der Waals surface area contributed by atoms with Gasteiger partial charge in [-0.15, -0.1) is 6.58 Å². The average Bonchev–Trinajstić information content (AvgIpc) is 3.25. The Morgan fingerprint density at radius 2 is 1.79 bits per heavy atom. The van der Waals surface area contributed by atoms with E-state index in [4.69, 9.17) is 5.10 Å². The lowest BCUT2D eigenvalue weighted by Crippen LogP contribution is -2.42. The molecule has 168 valence electrons. The van der Waals surface area contributed by atoms with Crippen LogP contribution in [-0.2, 0) is 9.59 Å². The molecular formula is C28H24N4O2. The zero-order valence-corrected chi connectivity index (χ0v) is 19.4. The number of aryl methyl sites for hydroxylation is 2. The molecule has 34 heavy (non-hydrogen) atoms. The Labute approximate surface area is 198 Å². The van der Waals surface area contributed by atoms with Gasteiger partial charge in [-0.1, -0.05) is 42.0 Å². The molecule has 0 radical (unpaired) electrons. The fraction of sp³-hybridized carbons (Fsp3) is 0.143. The van der Waals surface area contributed by atoms with Crippen LogP contribution < -0.4 is 0 Å². The number of rotatable bonds is 5. The number of imide groups is 1. The zero-order valence-electron chi connectivity index (χ0n) is 19.4. The van der Waals surface area contributed by atoms with Crippen LogP contribution in [-0.4, -0.2) is 33.0 Å². The van der Waals surface area contributed by atoms with Gasteiger partial charge < -0.3 is 0 Å². The van der Waals surface area contributed by atoms with Crippen molar-refractivity contribution >= 4 is 17.9 Å². The molecule has 1 aliphatic rings. The fourth-order valence-electron chi connectivity index (χ4n) is 3.99. The van der Waals surface area contributed by atoms with Crippen molar-refractivity contribution in [3.05, 3.63) is 101 Å². The third kappa shape index (κ3) is 4.00. The van der Waals surface area contributed by atoms with E-state index in [2.05, 4.69) is 12.6 Å². The number of hydrogen-bond acceptors (Lipinski definition) is 4. The second-order valence-electron chi connectivity index (χ2n) is 8.21. The van der Waals surface area contributed by atoms with E-state index in [1.807, 2.05) is 68.6 Å². The van der Waals surface area contributed by atoms with Gasteiger partial charge in [0.1, 0.15) is 17.3 Å². The van der Waals surface area contributed by atoms with Crippen molar-refractivity contribution in [2.75, 3.05) is 6.54 Å². The minimum atomic E-state index is -0.600. The zero-order chi connectivity index (χ0) is 24.4. The van der Waals surface area contributed by atoms with Crippen LogP contribution in [0.15, 0.2) is 84.1 Å². The number of nitrogens with zero attached hydrogens (tertiary/aromatic N) is 4. The highest BCUT2D eigenvalue weighted by molar-refractivity contribution is 6.20. The molecule has 0 atom stereocenters. The van der Waals surface area contributed by atoms with Gasteiger partial charge in [0.25, 0.3) is 11.8 Å². The van der Waals surface area contributed by atoms with Crippen LogP contribution in [0.4, 0.5) is 0 Å². The lowest BCUT2D eigenvalue weighted by molar-refractivity contribution is -0.139. The van der Waals surface area contributed by atoms with Crippen molar-refractivity contribution in [3.63, 3.8) is 0 Å². The van der Waals surface area contributed by atoms with Gasteiger partial charge in [-0.25, -0.2) is 4.68 Å². The number of aromatic nitrogens is 2. The predicted octanol–water partition coefficient (Wildman–Crippen LogP) is 4.93. The number of benzene rings is 2. The van der Waals surface area contributed by atoms with Crippen molar-refractivity contribution in [3.8, 4) is 23.0 Å². The molecule has 3 aromatic rings. The van der Waals surface area contributed by atoms with Crippen molar-refractivity contribution in [1.82, 2.24) is 14.7 Å². The number of nitriles is 1. The van der Waals surface area contributed by atoms with Gasteiger partial charge >= 0.3 is 0 Å². The number of amides is 2. The molecule has 0 fully saturated rings. The van der Waals surface area contributed by atoms with Crippen molar-refractivity contribution < 1.29 is 9.59 Å². The summed E-state index contributed by atoms with van der Waals surface area (Å²) >= 11 is 0. The lowest BCUT2D eigenvalue weighted by Gasteiger charge is -2.26. The highest BCUT2D eigenvalue weighted by Gasteiger charge is 2.35. The highest BCUT2D eigenvalue weighted by atomic mass is 16.2. The molecule has 0 spiro atoms. The monoisotopic (exact) mass is 448 g/mol. The average molecular weight is 449 g/mol. The summed E-state index contributed by atoms with van der Waals surface area (Å²) in [6.45, 7) is 9.33. The molecule has 0 bridgehead atoms. The maximum atomic E-state index is 13.3. The SMILES string of the molecule is C=CCN1C(=O)C(C#N)=C(C)/C(=C\c2cn(-c3ccccc3)nc2-c2cc(C)ccc2C)C1=O. The minimum Gasteiger partial charge on any atom is -0.270 e. The summed E-state index contributed by atoms with van der Waals surface area (Å²) in [6, 6.07) is 17.8. The van der Waals surface area contributed by atoms with Crippen LogP contribution in [0.25, 0.3) is 23.0 Å². The molecule has 4 rings (SSSR count). The Morgan fingerprint density at radius 1 is 1.06 bits per heavy atom. The smallest absolute Gasteiger partial charge is 0.270 e. The molecule has 1 aliphatic heterocycles. The van der Waals surface area contributed by atoms with Crippen molar-refractivity contribution in [2.45, 2.75) is 20.8 Å². The minimum absolute atomic E-state index is 0.0284. The van der Waals surface area contributed by atoms with Crippen LogP contribution in [0.2, 0.25) is 0 Å². The van der Waals surface area contributed by atoms with Gasteiger partial charge in [-0.05, 0) is 56.2 Å². The molecule has 0 saturated heterocycles. The molecule has 6 heteroatoms. The molecule has 2 aromatic carbocycles. The Hall–Kier alpha value is -4.50. The quantitative estimate of drug-likeness (QED) is 0.315. The van der Waals surface area contributed by atoms with E-state index in [0.29, 0.717) is 16.8 Å². The molecule has 6 nitrogen and oxygen atoms in total. The van der Waals surface area contributed by atoms with Gasteiger partial charge in [0.2, 0.25) is 0 Å².